The van der Waals surface area contributed by atoms with Crippen LogP contribution in [-0.4, -0.2) is 38.1 Å². The second-order valence-electron chi connectivity index (χ2n) is 8.14. The molecule has 0 saturated heterocycles. The van der Waals surface area contributed by atoms with Gasteiger partial charge in [0.15, 0.2) is 11.0 Å². The lowest BCUT2D eigenvalue weighted by molar-refractivity contribution is 0.240. The highest BCUT2D eigenvalue weighted by Crippen LogP contribution is 2.35. The molecule has 1 N–H and O–H groups in total. The van der Waals surface area contributed by atoms with Gasteiger partial charge in [-0.1, -0.05) is 60.9 Å². The predicted molar refractivity (Wildman–Crippen MR) is 146 cm³/mol. The van der Waals surface area contributed by atoms with Crippen molar-refractivity contribution >= 4 is 32.4 Å². The van der Waals surface area contributed by atoms with E-state index in [1.807, 2.05) is 30.5 Å². The first-order valence-electron chi connectivity index (χ1n) is 11.9. The summed E-state index contributed by atoms with van der Waals surface area (Å²) in [5.41, 5.74) is 3.09. The molecule has 3 heterocycles. The van der Waals surface area contributed by atoms with Crippen molar-refractivity contribution in [2.75, 3.05) is 18.5 Å². The van der Waals surface area contributed by atoms with E-state index >= 15 is 0 Å². The molecule has 0 unspecified atom stereocenters. The van der Waals surface area contributed by atoms with Crippen molar-refractivity contribution < 1.29 is 4.74 Å². The molecular weight excluding hydrogens is 524 g/mol. The van der Waals surface area contributed by atoms with Crippen LogP contribution < -0.4 is 10.1 Å². The normalized spacial score (nSPS) is 11.1. The molecule has 0 fully saturated rings. The zero-order valence-corrected chi connectivity index (χ0v) is 22.6. The number of hydrogen-bond donors (Lipinski definition) is 1. The van der Waals surface area contributed by atoms with Gasteiger partial charge in [0.05, 0.1) is 29.1 Å². The lowest BCUT2D eigenvalue weighted by Gasteiger charge is -2.15. The van der Waals surface area contributed by atoms with E-state index < -0.39 is 0 Å². The topological polar surface area (TPSA) is 85.7 Å². The van der Waals surface area contributed by atoms with E-state index in [4.69, 9.17) is 14.7 Å². The SMILES string of the molecule is CCCNc1ncc(-c2cc(-c3cc(OCC(CC)CC)ccc3Br)nc(-c3cnccn3)n2)s1. The third kappa shape index (κ3) is 6.41. The largest absolute Gasteiger partial charge is 0.493 e. The fourth-order valence-electron chi connectivity index (χ4n) is 3.48. The number of thiazole rings is 1. The Kier molecular flexibility index (Phi) is 8.76. The first-order valence-corrected chi connectivity index (χ1v) is 13.5. The van der Waals surface area contributed by atoms with Gasteiger partial charge in [0.25, 0.3) is 0 Å². The highest BCUT2D eigenvalue weighted by molar-refractivity contribution is 9.10. The van der Waals surface area contributed by atoms with E-state index in [1.54, 1.807) is 29.9 Å². The molecule has 0 saturated carbocycles. The van der Waals surface area contributed by atoms with E-state index in [2.05, 4.69) is 57.0 Å². The van der Waals surface area contributed by atoms with Crippen LogP contribution in [0.1, 0.15) is 40.0 Å². The van der Waals surface area contributed by atoms with Crippen LogP contribution in [0.3, 0.4) is 0 Å². The zero-order valence-electron chi connectivity index (χ0n) is 20.2. The van der Waals surface area contributed by atoms with E-state index in [0.717, 1.165) is 63.0 Å². The van der Waals surface area contributed by atoms with Gasteiger partial charge in [-0.15, -0.1) is 0 Å². The number of hydrogen-bond acceptors (Lipinski definition) is 8. The van der Waals surface area contributed by atoms with E-state index in [1.165, 1.54) is 0 Å². The van der Waals surface area contributed by atoms with Crippen molar-refractivity contribution in [2.45, 2.75) is 40.0 Å². The fraction of sp³-hybridized carbons (Fsp3) is 0.346. The first-order chi connectivity index (χ1) is 17.1. The smallest absolute Gasteiger partial charge is 0.183 e. The molecule has 35 heavy (non-hydrogen) atoms. The number of ether oxygens (including phenoxy) is 1. The second-order valence-corrected chi connectivity index (χ2v) is 10.0. The average Bonchev–Trinajstić information content (AvgIpc) is 3.38. The number of halogens is 1. The predicted octanol–water partition coefficient (Wildman–Crippen LogP) is 7.12. The van der Waals surface area contributed by atoms with Crippen LogP contribution >= 0.6 is 27.3 Å². The van der Waals surface area contributed by atoms with Crippen molar-refractivity contribution in [3.63, 3.8) is 0 Å². The van der Waals surface area contributed by atoms with Gasteiger partial charge in [0, 0.05) is 35.2 Å². The monoisotopic (exact) mass is 552 g/mol. The molecule has 1 aromatic carbocycles. The van der Waals surface area contributed by atoms with Crippen LogP contribution in [-0.2, 0) is 0 Å². The molecule has 4 rings (SSSR count). The van der Waals surface area contributed by atoms with Gasteiger partial charge in [0.1, 0.15) is 11.4 Å². The molecule has 4 aromatic rings. The van der Waals surface area contributed by atoms with Crippen LogP contribution in [0.5, 0.6) is 5.75 Å². The maximum absolute atomic E-state index is 6.13. The molecule has 9 heteroatoms. The van der Waals surface area contributed by atoms with Crippen molar-refractivity contribution in [1.29, 1.82) is 0 Å². The standard InChI is InChI=1S/C26H29BrN6OS/c1-4-9-30-26-31-15-24(35-26)22-13-21(32-25(33-22)23-14-28-10-11-29-23)19-12-18(7-8-20(19)27)34-16-17(5-2)6-3/h7-8,10-15,17H,4-6,9,16H2,1-3H3,(H,30,31). The molecule has 0 aliphatic heterocycles. The molecule has 0 aliphatic rings. The highest BCUT2D eigenvalue weighted by atomic mass is 79.9. The number of rotatable bonds is 11. The van der Waals surface area contributed by atoms with Gasteiger partial charge >= 0.3 is 0 Å². The summed E-state index contributed by atoms with van der Waals surface area (Å²) in [4.78, 5) is 23.8. The summed E-state index contributed by atoms with van der Waals surface area (Å²) in [5.74, 6) is 1.87. The van der Waals surface area contributed by atoms with Crippen LogP contribution in [0.2, 0.25) is 0 Å². The lowest BCUT2D eigenvalue weighted by atomic mass is 10.1. The first kappa shape index (κ1) is 25.2. The van der Waals surface area contributed by atoms with Crippen LogP contribution in [0.15, 0.2) is 53.5 Å². The number of anilines is 1. The minimum absolute atomic E-state index is 0.511. The van der Waals surface area contributed by atoms with Gasteiger partial charge in [-0.05, 0) is 36.6 Å². The Bertz CT molecular complexity index is 1250. The summed E-state index contributed by atoms with van der Waals surface area (Å²) in [6.45, 7) is 8.10. The van der Waals surface area contributed by atoms with Crippen molar-refractivity contribution in [1.82, 2.24) is 24.9 Å². The van der Waals surface area contributed by atoms with Crippen molar-refractivity contribution in [3.05, 3.63) is 53.5 Å². The molecule has 0 amide bonds. The quantitative estimate of drug-likeness (QED) is 0.212. The number of nitrogens with one attached hydrogen (secondary N) is 1. The molecule has 7 nitrogen and oxygen atoms in total. The Morgan fingerprint density at radius 3 is 2.54 bits per heavy atom. The van der Waals surface area contributed by atoms with E-state index in [9.17, 15) is 0 Å². The number of aromatic nitrogens is 5. The Morgan fingerprint density at radius 1 is 0.971 bits per heavy atom. The summed E-state index contributed by atoms with van der Waals surface area (Å²) in [7, 11) is 0. The zero-order chi connectivity index (χ0) is 24.6. The molecule has 182 valence electrons. The van der Waals surface area contributed by atoms with Crippen LogP contribution in [0.4, 0.5) is 5.13 Å². The van der Waals surface area contributed by atoms with Crippen molar-refractivity contribution in [3.8, 4) is 39.1 Å². The minimum atomic E-state index is 0.511. The maximum atomic E-state index is 6.13. The van der Waals surface area contributed by atoms with Gasteiger partial charge in [0.2, 0.25) is 0 Å². The molecule has 0 spiro atoms. The maximum Gasteiger partial charge on any atom is 0.183 e. The van der Waals surface area contributed by atoms with Gasteiger partial charge in [-0.25, -0.2) is 19.9 Å². The molecule has 0 aliphatic carbocycles. The molecule has 3 aromatic heterocycles. The minimum Gasteiger partial charge on any atom is -0.493 e. The Labute approximate surface area is 218 Å². The summed E-state index contributed by atoms with van der Waals surface area (Å²) < 4.78 is 7.06. The van der Waals surface area contributed by atoms with Gasteiger partial charge in [-0.3, -0.25) is 4.98 Å². The third-order valence-corrected chi connectivity index (χ3v) is 7.33. The number of nitrogens with zero attached hydrogens (tertiary/aromatic N) is 5. The molecule has 0 atom stereocenters. The lowest BCUT2D eigenvalue weighted by Crippen LogP contribution is -2.10. The Morgan fingerprint density at radius 2 is 1.80 bits per heavy atom. The molecule has 0 bridgehead atoms. The van der Waals surface area contributed by atoms with Crippen LogP contribution in [0.25, 0.3) is 33.3 Å². The summed E-state index contributed by atoms with van der Waals surface area (Å²) in [6.07, 6.45) is 10.0. The molecular formula is C26H29BrN6OS. The van der Waals surface area contributed by atoms with Crippen LogP contribution in [0, 0.1) is 5.92 Å². The summed E-state index contributed by atoms with van der Waals surface area (Å²) in [5, 5.41) is 4.22. The second kappa shape index (κ2) is 12.2. The van der Waals surface area contributed by atoms with E-state index in [0.29, 0.717) is 24.0 Å². The van der Waals surface area contributed by atoms with Gasteiger partial charge < -0.3 is 10.1 Å². The number of benzene rings is 1. The Hall–Kier alpha value is -2.91. The fourth-order valence-corrected chi connectivity index (χ4v) is 4.73. The summed E-state index contributed by atoms with van der Waals surface area (Å²) in [6, 6.07) is 8.00. The molecule has 0 radical (unpaired) electrons. The Balaban J connectivity index is 1.75. The third-order valence-electron chi connectivity index (χ3n) is 5.66. The van der Waals surface area contributed by atoms with Crippen molar-refractivity contribution in [2.24, 2.45) is 5.92 Å². The van der Waals surface area contributed by atoms with E-state index in [-0.39, 0.29) is 0 Å². The van der Waals surface area contributed by atoms with Gasteiger partial charge in [-0.2, -0.15) is 0 Å². The highest BCUT2D eigenvalue weighted by Gasteiger charge is 2.16. The average molecular weight is 554 g/mol. The summed E-state index contributed by atoms with van der Waals surface area (Å²) >= 11 is 5.28.